The number of aliphatic hydroxyl groups is 2. The van der Waals surface area contributed by atoms with Crippen molar-refractivity contribution >= 4 is 23.7 Å². The van der Waals surface area contributed by atoms with Gasteiger partial charge in [-0.1, -0.05) is 33.8 Å². The number of hydrogen-bond donors (Lipinski definition) is 2. The molecule has 5 fully saturated rings. The lowest BCUT2D eigenvalue weighted by Crippen LogP contribution is -2.81. The minimum absolute atomic E-state index is 0.0199. The second kappa shape index (κ2) is 9.25. The number of ketones is 1. The van der Waals surface area contributed by atoms with Crippen molar-refractivity contribution in [1.29, 1.82) is 0 Å². The standard InChI is InChI=1S/C32H40O11/c1-8-15(2)23(35)42-26-28(3,4)21(20(34)24(36)39-7)30(6)17-9-11-29(5)18(32(17)27(43-32)31(26,38)25(30)37)13-19(33)41-22(29)16-10-12-40-14-16/h8,10,12,14,17-18,20-22,26-27,34,38H,9,11,13H2,1-7H3/b15-8-/t17-,18+,20-,21+,22+,26+,27-,29-,30-,31+,32-/m1/s1. The van der Waals surface area contributed by atoms with Crippen molar-refractivity contribution in [2.75, 3.05) is 7.11 Å². The topological polar surface area (TPSA) is 162 Å². The van der Waals surface area contributed by atoms with Gasteiger partial charge in [0.2, 0.25) is 0 Å². The summed E-state index contributed by atoms with van der Waals surface area (Å²) < 4.78 is 28.7. The Labute approximate surface area is 249 Å². The zero-order valence-electron chi connectivity index (χ0n) is 25.5. The monoisotopic (exact) mass is 600 g/mol. The maximum Gasteiger partial charge on any atom is 0.335 e. The number of ether oxygens (including phenoxy) is 4. The molecular formula is C32H40O11. The number of aliphatic hydroxyl groups excluding tert-OH is 1. The van der Waals surface area contributed by atoms with E-state index in [-0.39, 0.29) is 12.0 Å². The third kappa shape index (κ3) is 3.52. The molecule has 6 rings (SSSR count). The molecule has 3 heterocycles. The number of furan rings is 1. The molecule has 1 aromatic rings. The SMILES string of the molecule is C/C=C(/C)C(=O)O[C@H]1C(C)(C)[C@H]([C@@H](O)C(=O)OC)[C@]2(C)C(=O)[C@@]1(O)[C@H]1O[C@@]13[C@@H]2CC[C@@]1(C)[C@H](c2ccoc2)OC(=O)C[C@@H]13. The molecule has 1 spiro atoms. The number of carbonyl (C=O) groups excluding carboxylic acids is 4. The molecule has 0 unspecified atom stereocenters. The van der Waals surface area contributed by atoms with Crippen molar-refractivity contribution in [3.8, 4) is 0 Å². The van der Waals surface area contributed by atoms with Gasteiger partial charge in [0.25, 0.3) is 0 Å². The molecule has 0 amide bonds. The molecule has 3 aliphatic carbocycles. The maximum absolute atomic E-state index is 14.7. The molecule has 1 aromatic heterocycles. The van der Waals surface area contributed by atoms with Crippen LogP contribution in [0.2, 0.25) is 0 Å². The molecule has 234 valence electrons. The first kappa shape index (κ1) is 30.0. The number of cyclic esters (lactones) is 1. The van der Waals surface area contributed by atoms with Gasteiger partial charge in [-0.3, -0.25) is 9.59 Å². The highest BCUT2D eigenvalue weighted by Gasteiger charge is 2.91. The van der Waals surface area contributed by atoms with Crippen LogP contribution in [0.1, 0.15) is 72.5 Å². The first-order valence-corrected chi connectivity index (χ1v) is 14.8. The fraction of sp³-hybridized carbons (Fsp3) is 0.688. The Hall–Kier alpha value is -3.02. The molecule has 2 bridgehead atoms. The summed E-state index contributed by atoms with van der Waals surface area (Å²) in [6, 6.07) is 1.75. The third-order valence-electron chi connectivity index (χ3n) is 11.8. The van der Waals surface area contributed by atoms with Crippen LogP contribution in [0.5, 0.6) is 0 Å². The van der Waals surface area contributed by atoms with Crippen LogP contribution in [0, 0.1) is 34.0 Å². The molecule has 11 heteroatoms. The summed E-state index contributed by atoms with van der Waals surface area (Å²) in [4.78, 5) is 54.1. The number of rotatable bonds is 5. The molecule has 11 nitrogen and oxygen atoms in total. The molecule has 11 atom stereocenters. The number of methoxy groups -OCH3 is 1. The molecule has 2 N–H and O–H groups in total. The van der Waals surface area contributed by atoms with E-state index in [0.29, 0.717) is 18.4 Å². The fourth-order valence-electron chi connectivity index (χ4n) is 9.95. The van der Waals surface area contributed by atoms with Crippen LogP contribution < -0.4 is 0 Å². The molecule has 0 radical (unpaired) electrons. The van der Waals surface area contributed by atoms with E-state index < -0.39 is 93.3 Å². The average molecular weight is 601 g/mol. The van der Waals surface area contributed by atoms with Crippen molar-refractivity contribution in [3.63, 3.8) is 0 Å². The van der Waals surface area contributed by atoms with E-state index in [2.05, 4.69) is 0 Å². The summed E-state index contributed by atoms with van der Waals surface area (Å²) in [7, 11) is 1.15. The van der Waals surface area contributed by atoms with Crippen molar-refractivity contribution < 1.29 is 52.8 Å². The van der Waals surface area contributed by atoms with Gasteiger partial charge in [0.1, 0.15) is 23.9 Å². The first-order chi connectivity index (χ1) is 20.1. The van der Waals surface area contributed by atoms with Gasteiger partial charge in [0, 0.05) is 45.1 Å². The Kier molecular flexibility index (Phi) is 6.46. The van der Waals surface area contributed by atoms with E-state index in [4.69, 9.17) is 23.4 Å². The van der Waals surface area contributed by atoms with E-state index in [1.54, 1.807) is 53.0 Å². The molecule has 2 aliphatic heterocycles. The Bertz CT molecular complexity index is 1410. The van der Waals surface area contributed by atoms with Gasteiger partial charge in [-0.2, -0.15) is 0 Å². The van der Waals surface area contributed by atoms with Crippen LogP contribution >= 0.6 is 0 Å². The van der Waals surface area contributed by atoms with Gasteiger partial charge >= 0.3 is 17.9 Å². The second-order valence-corrected chi connectivity index (χ2v) is 14.1. The quantitative estimate of drug-likeness (QED) is 0.221. The molecule has 5 aliphatic rings. The van der Waals surface area contributed by atoms with E-state index in [0.717, 1.165) is 7.11 Å². The van der Waals surface area contributed by atoms with Gasteiger partial charge < -0.3 is 33.6 Å². The van der Waals surface area contributed by atoms with Crippen LogP contribution in [-0.2, 0) is 38.1 Å². The summed E-state index contributed by atoms with van der Waals surface area (Å²) in [5.74, 6) is -5.01. The number of allylic oxidation sites excluding steroid dienone is 1. The van der Waals surface area contributed by atoms with Crippen LogP contribution in [0.25, 0.3) is 0 Å². The van der Waals surface area contributed by atoms with Gasteiger partial charge in [-0.25, -0.2) is 9.59 Å². The van der Waals surface area contributed by atoms with Gasteiger partial charge in [-0.05, 0) is 32.8 Å². The lowest BCUT2D eigenvalue weighted by Gasteiger charge is -2.67. The zero-order valence-corrected chi connectivity index (χ0v) is 25.5. The Morgan fingerprint density at radius 3 is 2.47 bits per heavy atom. The Morgan fingerprint density at radius 2 is 1.86 bits per heavy atom. The number of esters is 3. The van der Waals surface area contributed by atoms with Crippen LogP contribution in [-0.4, -0.2) is 70.5 Å². The highest BCUT2D eigenvalue weighted by molar-refractivity contribution is 5.99. The third-order valence-corrected chi connectivity index (χ3v) is 11.8. The van der Waals surface area contributed by atoms with E-state index >= 15 is 0 Å². The van der Waals surface area contributed by atoms with Crippen LogP contribution in [0.4, 0.5) is 0 Å². The molecule has 2 saturated heterocycles. The largest absolute Gasteiger partial charge is 0.472 e. The average Bonchev–Trinajstić information content (AvgIpc) is 3.45. The fourth-order valence-corrected chi connectivity index (χ4v) is 9.95. The minimum atomic E-state index is -2.32. The highest BCUT2D eigenvalue weighted by atomic mass is 16.6. The highest BCUT2D eigenvalue weighted by Crippen LogP contribution is 2.78. The summed E-state index contributed by atoms with van der Waals surface area (Å²) in [6.45, 7) is 10.2. The number of fused-ring (bicyclic) bond motifs is 5. The first-order valence-electron chi connectivity index (χ1n) is 14.8. The summed E-state index contributed by atoms with van der Waals surface area (Å²) >= 11 is 0. The van der Waals surface area contributed by atoms with E-state index in [1.165, 1.54) is 6.26 Å². The minimum Gasteiger partial charge on any atom is -0.472 e. The zero-order chi connectivity index (χ0) is 31.5. The number of epoxide rings is 1. The van der Waals surface area contributed by atoms with E-state index in [1.807, 2.05) is 6.92 Å². The van der Waals surface area contributed by atoms with Crippen LogP contribution in [0.15, 0.2) is 34.7 Å². The van der Waals surface area contributed by atoms with Crippen molar-refractivity contribution in [1.82, 2.24) is 0 Å². The number of Topliss-reactive ketones (excluding diaryl/α,β-unsaturated/α-hetero) is 1. The van der Waals surface area contributed by atoms with Gasteiger partial charge in [-0.15, -0.1) is 0 Å². The summed E-state index contributed by atoms with van der Waals surface area (Å²) in [5.41, 5.74) is -6.06. The molecular weight excluding hydrogens is 560 g/mol. The lowest BCUT2D eigenvalue weighted by molar-refractivity contribution is -0.260. The normalized spacial score (nSPS) is 45.1. The molecule has 3 saturated carbocycles. The predicted octanol–water partition coefficient (Wildman–Crippen LogP) is 2.83. The lowest BCUT2D eigenvalue weighted by atomic mass is 9.36. The molecule has 0 aromatic carbocycles. The smallest absolute Gasteiger partial charge is 0.335 e. The Balaban J connectivity index is 1.55. The van der Waals surface area contributed by atoms with E-state index in [9.17, 15) is 29.4 Å². The predicted molar refractivity (Wildman–Crippen MR) is 147 cm³/mol. The van der Waals surface area contributed by atoms with Crippen molar-refractivity contribution in [2.24, 2.45) is 34.0 Å². The van der Waals surface area contributed by atoms with Crippen molar-refractivity contribution in [3.05, 3.63) is 35.8 Å². The number of carbonyl (C=O) groups is 4. The Morgan fingerprint density at radius 1 is 1.16 bits per heavy atom. The maximum atomic E-state index is 14.7. The summed E-state index contributed by atoms with van der Waals surface area (Å²) in [5, 5.41) is 24.2. The van der Waals surface area contributed by atoms with Gasteiger partial charge in [0.15, 0.2) is 17.5 Å². The summed E-state index contributed by atoms with van der Waals surface area (Å²) in [6.07, 6.45) is 0.521. The molecule has 43 heavy (non-hydrogen) atoms. The second-order valence-electron chi connectivity index (χ2n) is 14.1. The van der Waals surface area contributed by atoms with Crippen LogP contribution in [0.3, 0.4) is 0 Å². The van der Waals surface area contributed by atoms with Crippen molar-refractivity contribution in [2.45, 2.75) is 96.4 Å². The van der Waals surface area contributed by atoms with Gasteiger partial charge in [0.05, 0.1) is 26.1 Å². The number of hydrogen-bond acceptors (Lipinski definition) is 11.